The molecule has 0 saturated heterocycles. The summed E-state index contributed by atoms with van der Waals surface area (Å²) in [5.41, 5.74) is 1.65. The Morgan fingerprint density at radius 2 is 1.93 bits per heavy atom. The lowest BCUT2D eigenvalue weighted by Gasteiger charge is -2.45. The van der Waals surface area contributed by atoms with Crippen molar-refractivity contribution in [1.29, 1.82) is 0 Å². The lowest BCUT2D eigenvalue weighted by atomic mass is 9.60. The molecular formula is C15H26. The quantitative estimate of drug-likeness (QED) is 0.547. The number of allylic oxidation sites excluding steroid dienone is 2. The molecule has 2 rings (SSSR count). The van der Waals surface area contributed by atoms with Crippen LogP contribution in [-0.4, -0.2) is 0 Å². The van der Waals surface area contributed by atoms with Crippen LogP contribution < -0.4 is 0 Å². The third-order valence-corrected chi connectivity index (χ3v) is 4.88. The highest BCUT2D eigenvalue weighted by molar-refractivity contribution is 5.10. The van der Waals surface area contributed by atoms with Gasteiger partial charge in [0.1, 0.15) is 0 Å². The Kier molecular flexibility index (Phi) is 3.23. The Hall–Kier alpha value is -0.260. The summed E-state index contributed by atoms with van der Waals surface area (Å²) < 4.78 is 0. The summed E-state index contributed by atoms with van der Waals surface area (Å²) in [7, 11) is 0. The fraction of sp³-hybridized carbons (Fsp3) is 0.867. The van der Waals surface area contributed by atoms with E-state index in [1.165, 1.54) is 25.7 Å². The minimum Gasteiger partial charge on any atom is -0.0819 e. The maximum absolute atomic E-state index is 2.62. The van der Waals surface area contributed by atoms with Crippen molar-refractivity contribution in [2.45, 2.75) is 53.4 Å². The summed E-state index contributed by atoms with van der Waals surface area (Å²) in [5.74, 6) is 4.69. The molecule has 0 heteroatoms. The minimum absolute atomic E-state index is 0.868. The largest absolute Gasteiger partial charge is 0.0819 e. The number of rotatable bonds is 1. The van der Waals surface area contributed by atoms with E-state index in [0.717, 1.165) is 29.6 Å². The SMILES string of the molecule is CC1=CC2C(CC1)[C@@H](C)CC[C@H]2C(C)C. The molecule has 0 heterocycles. The number of hydrogen-bond acceptors (Lipinski definition) is 0. The molecule has 2 aliphatic carbocycles. The van der Waals surface area contributed by atoms with Crippen molar-refractivity contribution in [3.63, 3.8) is 0 Å². The van der Waals surface area contributed by atoms with Gasteiger partial charge < -0.3 is 0 Å². The van der Waals surface area contributed by atoms with Gasteiger partial charge >= 0.3 is 0 Å². The van der Waals surface area contributed by atoms with Gasteiger partial charge in [0.2, 0.25) is 0 Å². The van der Waals surface area contributed by atoms with Crippen molar-refractivity contribution in [1.82, 2.24) is 0 Å². The topological polar surface area (TPSA) is 0 Å². The van der Waals surface area contributed by atoms with Gasteiger partial charge in [0.05, 0.1) is 0 Å². The Bertz CT molecular complexity index is 249. The summed E-state index contributed by atoms with van der Waals surface area (Å²) in [6.45, 7) is 9.63. The highest BCUT2D eigenvalue weighted by Gasteiger charge is 2.38. The summed E-state index contributed by atoms with van der Waals surface area (Å²) in [6, 6.07) is 0. The summed E-state index contributed by atoms with van der Waals surface area (Å²) in [6.07, 6.45) is 8.36. The maximum atomic E-state index is 2.62. The van der Waals surface area contributed by atoms with Crippen molar-refractivity contribution in [3.8, 4) is 0 Å². The van der Waals surface area contributed by atoms with Gasteiger partial charge in [0.15, 0.2) is 0 Å². The van der Waals surface area contributed by atoms with Crippen molar-refractivity contribution in [2.75, 3.05) is 0 Å². The second-order valence-electron chi connectivity index (χ2n) is 6.26. The van der Waals surface area contributed by atoms with Crippen LogP contribution in [0, 0.1) is 29.6 Å². The summed E-state index contributed by atoms with van der Waals surface area (Å²) in [5, 5.41) is 0. The second-order valence-corrected chi connectivity index (χ2v) is 6.26. The van der Waals surface area contributed by atoms with E-state index >= 15 is 0 Å². The zero-order chi connectivity index (χ0) is 11.0. The Balaban J connectivity index is 2.20. The van der Waals surface area contributed by atoms with Gasteiger partial charge in [-0.3, -0.25) is 0 Å². The third kappa shape index (κ3) is 2.14. The average Bonchev–Trinajstić information content (AvgIpc) is 2.17. The van der Waals surface area contributed by atoms with E-state index in [1.807, 2.05) is 0 Å². The highest BCUT2D eigenvalue weighted by Crippen LogP contribution is 2.47. The van der Waals surface area contributed by atoms with E-state index in [0.29, 0.717) is 0 Å². The standard InChI is InChI=1S/C15H26/c1-10(2)13-8-6-12(4)14-7-5-11(3)9-15(13)14/h9-10,12-15H,5-8H2,1-4H3/t12-,13-,14?,15?/m0/s1. The molecular weight excluding hydrogens is 180 g/mol. The molecule has 4 atom stereocenters. The molecule has 86 valence electrons. The van der Waals surface area contributed by atoms with Gasteiger partial charge in [-0.1, -0.05) is 38.8 Å². The molecule has 0 aromatic rings. The van der Waals surface area contributed by atoms with Crippen LogP contribution in [0.4, 0.5) is 0 Å². The zero-order valence-corrected chi connectivity index (χ0v) is 10.8. The molecule has 2 aliphatic rings. The van der Waals surface area contributed by atoms with Gasteiger partial charge in [-0.15, -0.1) is 0 Å². The average molecular weight is 206 g/mol. The molecule has 0 nitrogen and oxygen atoms in total. The molecule has 1 fully saturated rings. The first kappa shape index (κ1) is 11.2. The lowest BCUT2D eigenvalue weighted by Crippen LogP contribution is -2.36. The molecule has 2 unspecified atom stereocenters. The Morgan fingerprint density at radius 3 is 2.60 bits per heavy atom. The van der Waals surface area contributed by atoms with Crippen LogP contribution in [0.25, 0.3) is 0 Å². The molecule has 0 spiro atoms. The fourth-order valence-corrected chi connectivity index (χ4v) is 3.87. The van der Waals surface area contributed by atoms with Crippen LogP contribution in [0.15, 0.2) is 11.6 Å². The van der Waals surface area contributed by atoms with Gasteiger partial charge in [0, 0.05) is 0 Å². The Labute approximate surface area is 95.1 Å². The molecule has 15 heavy (non-hydrogen) atoms. The molecule has 0 aromatic carbocycles. The predicted molar refractivity (Wildman–Crippen MR) is 66.7 cm³/mol. The van der Waals surface area contributed by atoms with E-state index in [2.05, 4.69) is 33.8 Å². The molecule has 0 N–H and O–H groups in total. The highest BCUT2D eigenvalue weighted by atomic mass is 14.4. The lowest BCUT2D eigenvalue weighted by molar-refractivity contribution is 0.0882. The van der Waals surface area contributed by atoms with Crippen molar-refractivity contribution in [3.05, 3.63) is 11.6 Å². The summed E-state index contributed by atoms with van der Waals surface area (Å²) in [4.78, 5) is 0. The van der Waals surface area contributed by atoms with E-state index < -0.39 is 0 Å². The van der Waals surface area contributed by atoms with Crippen molar-refractivity contribution >= 4 is 0 Å². The molecule has 0 aromatic heterocycles. The van der Waals surface area contributed by atoms with E-state index in [1.54, 1.807) is 5.57 Å². The molecule has 1 saturated carbocycles. The second kappa shape index (κ2) is 4.31. The first-order valence-electron chi connectivity index (χ1n) is 6.77. The fourth-order valence-electron chi connectivity index (χ4n) is 3.87. The van der Waals surface area contributed by atoms with Crippen molar-refractivity contribution in [2.24, 2.45) is 29.6 Å². The molecule has 0 radical (unpaired) electrons. The van der Waals surface area contributed by atoms with Gasteiger partial charge in [-0.25, -0.2) is 0 Å². The van der Waals surface area contributed by atoms with Crippen LogP contribution >= 0.6 is 0 Å². The van der Waals surface area contributed by atoms with Crippen LogP contribution in [0.5, 0.6) is 0 Å². The molecule has 0 bridgehead atoms. The number of hydrogen-bond donors (Lipinski definition) is 0. The van der Waals surface area contributed by atoms with Crippen LogP contribution in [0.2, 0.25) is 0 Å². The normalized spacial score (nSPS) is 41.3. The number of fused-ring (bicyclic) bond motifs is 1. The van der Waals surface area contributed by atoms with Gasteiger partial charge in [-0.2, -0.15) is 0 Å². The minimum atomic E-state index is 0.868. The zero-order valence-electron chi connectivity index (χ0n) is 10.8. The van der Waals surface area contributed by atoms with Gasteiger partial charge in [-0.05, 0) is 55.8 Å². The van der Waals surface area contributed by atoms with E-state index in [-0.39, 0.29) is 0 Å². The molecule has 0 amide bonds. The first-order chi connectivity index (χ1) is 7.09. The van der Waals surface area contributed by atoms with Crippen LogP contribution in [0.1, 0.15) is 53.4 Å². The van der Waals surface area contributed by atoms with Crippen LogP contribution in [0.3, 0.4) is 0 Å². The van der Waals surface area contributed by atoms with E-state index in [4.69, 9.17) is 0 Å². The predicted octanol–water partition coefficient (Wildman–Crippen LogP) is 4.66. The van der Waals surface area contributed by atoms with Crippen LogP contribution in [-0.2, 0) is 0 Å². The molecule has 0 aliphatic heterocycles. The monoisotopic (exact) mass is 206 g/mol. The van der Waals surface area contributed by atoms with Crippen molar-refractivity contribution < 1.29 is 0 Å². The van der Waals surface area contributed by atoms with Gasteiger partial charge in [0.25, 0.3) is 0 Å². The Morgan fingerprint density at radius 1 is 1.20 bits per heavy atom. The first-order valence-corrected chi connectivity index (χ1v) is 6.77. The van der Waals surface area contributed by atoms with E-state index in [9.17, 15) is 0 Å². The smallest absolute Gasteiger partial charge is 0.0169 e. The maximum Gasteiger partial charge on any atom is -0.0169 e. The third-order valence-electron chi connectivity index (χ3n) is 4.88. The summed E-state index contributed by atoms with van der Waals surface area (Å²) >= 11 is 0.